The van der Waals surface area contributed by atoms with E-state index in [-0.39, 0.29) is 17.9 Å². The summed E-state index contributed by atoms with van der Waals surface area (Å²) in [6.07, 6.45) is 3.72. The van der Waals surface area contributed by atoms with Gasteiger partial charge in [-0.2, -0.15) is 5.10 Å². The Balaban J connectivity index is 1.50. The van der Waals surface area contributed by atoms with Crippen molar-refractivity contribution in [2.75, 3.05) is 47.4 Å². The van der Waals surface area contributed by atoms with E-state index in [0.29, 0.717) is 37.5 Å². The number of aromatic nitrogens is 5. The molecule has 1 unspecified atom stereocenters. The summed E-state index contributed by atoms with van der Waals surface area (Å²) in [6, 6.07) is 6.02. The molecule has 5 heterocycles. The van der Waals surface area contributed by atoms with Gasteiger partial charge in [-0.15, -0.1) is 0 Å². The Morgan fingerprint density at radius 3 is 2.92 bits per heavy atom. The van der Waals surface area contributed by atoms with E-state index in [9.17, 15) is 4.79 Å². The minimum atomic E-state index is -0.253. The summed E-state index contributed by atoms with van der Waals surface area (Å²) in [6.45, 7) is 6.69. The number of H-pyrrole nitrogens is 1. The molecule has 4 aromatic heterocycles. The predicted molar refractivity (Wildman–Crippen MR) is 137 cm³/mol. The Labute approximate surface area is 210 Å². The Morgan fingerprint density at radius 1 is 1.33 bits per heavy atom. The van der Waals surface area contributed by atoms with Crippen molar-refractivity contribution in [3.05, 3.63) is 42.0 Å². The minimum Gasteiger partial charge on any atom is -0.493 e. The van der Waals surface area contributed by atoms with Crippen LogP contribution in [0.1, 0.15) is 43.5 Å². The van der Waals surface area contributed by atoms with Crippen molar-refractivity contribution in [3.63, 3.8) is 0 Å². The standard InChI is InChI=1S/C26H33N7O3/c1-16(2)23-24(17-12-20(35-5)26-27-15-28-33(26)13-17)30-19-7-6-18(29-25(19)23)21-14-32(10-11-36-21)22(34)8-9-31(3)4/h6-7,12-13,15-16,21,30H,8-11,14H2,1-5H3. The van der Waals surface area contributed by atoms with E-state index in [1.165, 1.54) is 6.33 Å². The van der Waals surface area contributed by atoms with Crippen LogP contribution in [0.5, 0.6) is 5.75 Å². The maximum absolute atomic E-state index is 12.7. The van der Waals surface area contributed by atoms with Crippen molar-refractivity contribution >= 4 is 22.6 Å². The Hall–Kier alpha value is -3.50. The highest BCUT2D eigenvalue weighted by Gasteiger charge is 2.27. The molecular formula is C26H33N7O3. The molecule has 190 valence electrons. The largest absolute Gasteiger partial charge is 0.493 e. The number of aromatic amines is 1. The lowest BCUT2D eigenvalue weighted by atomic mass is 9.98. The smallest absolute Gasteiger partial charge is 0.224 e. The number of pyridine rings is 2. The molecule has 0 saturated carbocycles. The molecule has 0 radical (unpaired) electrons. The minimum absolute atomic E-state index is 0.155. The number of carbonyl (C=O) groups excluding carboxylic acids is 1. The number of fused-ring (bicyclic) bond motifs is 2. The Morgan fingerprint density at radius 2 is 2.17 bits per heavy atom. The molecule has 1 aliphatic rings. The van der Waals surface area contributed by atoms with Gasteiger partial charge < -0.3 is 24.3 Å². The van der Waals surface area contributed by atoms with E-state index < -0.39 is 0 Å². The van der Waals surface area contributed by atoms with Crippen LogP contribution >= 0.6 is 0 Å². The van der Waals surface area contributed by atoms with Crippen molar-refractivity contribution in [3.8, 4) is 17.0 Å². The van der Waals surface area contributed by atoms with E-state index in [1.54, 1.807) is 11.6 Å². The Kier molecular flexibility index (Phi) is 6.63. The van der Waals surface area contributed by atoms with Gasteiger partial charge in [0.25, 0.3) is 0 Å². The fourth-order valence-corrected chi connectivity index (χ4v) is 4.78. The number of hydrogen-bond donors (Lipinski definition) is 1. The van der Waals surface area contributed by atoms with Crippen molar-refractivity contribution in [2.45, 2.75) is 32.3 Å². The van der Waals surface area contributed by atoms with Crippen LogP contribution in [0, 0.1) is 0 Å². The van der Waals surface area contributed by atoms with E-state index >= 15 is 0 Å². The second-order valence-electron chi connectivity index (χ2n) is 9.78. The summed E-state index contributed by atoms with van der Waals surface area (Å²) >= 11 is 0. The molecule has 5 rings (SSSR count). The van der Waals surface area contributed by atoms with Crippen LogP contribution in [0.15, 0.2) is 30.7 Å². The number of ether oxygens (including phenoxy) is 2. The van der Waals surface area contributed by atoms with Crippen LogP contribution in [0.25, 0.3) is 27.9 Å². The number of carbonyl (C=O) groups is 1. The first-order valence-electron chi connectivity index (χ1n) is 12.3. The van der Waals surface area contributed by atoms with E-state index in [1.807, 2.05) is 42.2 Å². The molecule has 1 aliphatic heterocycles. The van der Waals surface area contributed by atoms with Crippen molar-refractivity contribution in [1.82, 2.24) is 34.4 Å². The second-order valence-corrected chi connectivity index (χ2v) is 9.78. The molecule has 0 aromatic carbocycles. The monoisotopic (exact) mass is 491 g/mol. The molecule has 1 saturated heterocycles. The van der Waals surface area contributed by atoms with E-state index in [4.69, 9.17) is 14.5 Å². The third-order valence-corrected chi connectivity index (χ3v) is 6.65. The third kappa shape index (κ3) is 4.54. The Bertz CT molecular complexity index is 1390. The molecule has 1 atom stereocenters. The van der Waals surface area contributed by atoms with Crippen molar-refractivity contribution < 1.29 is 14.3 Å². The summed E-state index contributed by atoms with van der Waals surface area (Å²) in [5.74, 6) is 1.02. The molecule has 4 aromatic rings. The molecule has 0 bridgehead atoms. The van der Waals surface area contributed by atoms with Gasteiger partial charge in [-0.25, -0.2) is 14.5 Å². The zero-order valence-corrected chi connectivity index (χ0v) is 21.5. The van der Waals surface area contributed by atoms with Gasteiger partial charge in [0.1, 0.15) is 12.4 Å². The average Bonchev–Trinajstić information content (AvgIpc) is 3.51. The molecular weight excluding hydrogens is 458 g/mol. The van der Waals surface area contributed by atoms with Gasteiger partial charge in [-0.3, -0.25) is 4.79 Å². The molecule has 0 spiro atoms. The first kappa shape index (κ1) is 24.2. The van der Waals surface area contributed by atoms with Crippen LogP contribution < -0.4 is 4.74 Å². The number of amides is 1. The number of rotatable bonds is 7. The molecule has 10 nitrogen and oxygen atoms in total. The van der Waals surface area contributed by atoms with Gasteiger partial charge in [0.2, 0.25) is 5.91 Å². The highest BCUT2D eigenvalue weighted by molar-refractivity contribution is 5.89. The van der Waals surface area contributed by atoms with Crippen LogP contribution in [0.4, 0.5) is 0 Å². The van der Waals surface area contributed by atoms with Crippen LogP contribution in [-0.4, -0.2) is 87.7 Å². The lowest BCUT2D eigenvalue weighted by Gasteiger charge is -2.33. The third-order valence-electron chi connectivity index (χ3n) is 6.65. The first-order valence-corrected chi connectivity index (χ1v) is 12.3. The number of methoxy groups -OCH3 is 1. The van der Waals surface area contributed by atoms with Gasteiger partial charge >= 0.3 is 0 Å². The van der Waals surface area contributed by atoms with E-state index in [0.717, 1.165) is 40.1 Å². The van der Waals surface area contributed by atoms with Crippen LogP contribution in [0.2, 0.25) is 0 Å². The average molecular weight is 492 g/mol. The maximum Gasteiger partial charge on any atom is 0.224 e. The van der Waals surface area contributed by atoms with Crippen LogP contribution in [-0.2, 0) is 9.53 Å². The molecule has 10 heteroatoms. The number of morpholine rings is 1. The topological polar surface area (TPSA) is 101 Å². The fraction of sp³-hybridized carbons (Fsp3) is 0.462. The van der Waals surface area contributed by atoms with Crippen LogP contribution in [0.3, 0.4) is 0 Å². The summed E-state index contributed by atoms with van der Waals surface area (Å²) in [7, 11) is 5.59. The fourth-order valence-electron chi connectivity index (χ4n) is 4.78. The zero-order chi connectivity index (χ0) is 25.4. The normalized spacial score (nSPS) is 16.5. The SMILES string of the molecule is COc1cc(-c2[nH]c3ccc(C4CN(C(=O)CCN(C)C)CCO4)nc3c2C(C)C)cn2ncnc12. The van der Waals surface area contributed by atoms with Gasteiger partial charge in [-0.1, -0.05) is 13.8 Å². The lowest BCUT2D eigenvalue weighted by Crippen LogP contribution is -2.43. The number of nitrogens with zero attached hydrogens (tertiary/aromatic N) is 6. The van der Waals surface area contributed by atoms with E-state index in [2.05, 4.69) is 35.0 Å². The van der Waals surface area contributed by atoms with Gasteiger partial charge in [0, 0.05) is 36.8 Å². The second kappa shape index (κ2) is 9.87. The molecule has 0 aliphatic carbocycles. The number of nitrogens with one attached hydrogen (secondary N) is 1. The molecule has 1 amide bonds. The molecule has 1 N–H and O–H groups in total. The quantitative estimate of drug-likeness (QED) is 0.423. The summed E-state index contributed by atoms with van der Waals surface area (Å²) in [5.41, 5.74) is 6.40. The van der Waals surface area contributed by atoms with Gasteiger partial charge in [0.05, 0.1) is 42.7 Å². The van der Waals surface area contributed by atoms with Crippen molar-refractivity contribution in [1.29, 1.82) is 0 Å². The summed E-state index contributed by atoms with van der Waals surface area (Å²) in [5, 5.41) is 4.31. The molecule has 1 fully saturated rings. The van der Waals surface area contributed by atoms with Gasteiger partial charge in [-0.05, 0) is 38.2 Å². The highest BCUT2D eigenvalue weighted by Crippen LogP contribution is 2.37. The van der Waals surface area contributed by atoms with Gasteiger partial charge in [0.15, 0.2) is 11.4 Å². The molecule has 36 heavy (non-hydrogen) atoms. The van der Waals surface area contributed by atoms with Crippen molar-refractivity contribution in [2.24, 2.45) is 0 Å². The predicted octanol–water partition coefficient (Wildman–Crippen LogP) is 3.26. The maximum atomic E-state index is 12.7. The zero-order valence-electron chi connectivity index (χ0n) is 21.5. The summed E-state index contributed by atoms with van der Waals surface area (Å²) in [4.78, 5) is 29.6. The highest BCUT2D eigenvalue weighted by atomic mass is 16.5. The first-order chi connectivity index (χ1) is 17.4. The lowest BCUT2D eigenvalue weighted by molar-refractivity contribution is -0.139. The summed E-state index contributed by atoms with van der Waals surface area (Å²) < 4.78 is 13.4. The number of hydrogen-bond acceptors (Lipinski definition) is 7.